The van der Waals surface area contributed by atoms with Gasteiger partial charge < -0.3 is 9.47 Å². The molecule has 0 saturated carbocycles. The molecule has 140 valence electrons. The SMILES string of the molecule is COC(=O)C(c1ccccc1OC(F)(F)F)C1(c2cccnc2)C=CC=N1. The van der Waals surface area contributed by atoms with Crippen molar-refractivity contribution in [3.05, 3.63) is 72.1 Å². The first kappa shape index (κ1) is 18.6. The van der Waals surface area contributed by atoms with Crippen LogP contribution in [0.2, 0.25) is 0 Å². The molecule has 3 rings (SSSR count). The Labute approximate surface area is 153 Å². The second-order valence-electron chi connectivity index (χ2n) is 5.75. The van der Waals surface area contributed by atoms with Gasteiger partial charge in [0.25, 0.3) is 0 Å². The Kier molecular flexibility index (Phi) is 4.98. The highest BCUT2D eigenvalue weighted by Crippen LogP contribution is 2.47. The average Bonchev–Trinajstić information content (AvgIpc) is 3.13. The van der Waals surface area contributed by atoms with Gasteiger partial charge in [-0.3, -0.25) is 14.8 Å². The van der Waals surface area contributed by atoms with Gasteiger partial charge >= 0.3 is 12.3 Å². The first-order chi connectivity index (χ1) is 12.9. The number of nitrogens with zero attached hydrogens (tertiary/aromatic N) is 2. The maximum Gasteiger partial charge on any atom is 0.573 e. The topological polar surface area (TPSA) is 60.8 Å². The fourth-order valence-electron chi connectivity index (χ4n) is 3.11. The lowest BCUT2D eigenvalue weighted by Gasteiger charge is -2.33. The van der Waals surface area contributed by atoms with Gasteiger partial charge in [0.1, 0.15) is 17.2 Å². The maximum absolute atomic E-state index is 12.9. The van der Waals surface area contributed by atoms with Crippen molar-refractivity contribution in [3.63, 3.8) is 0 Å². The monoisotopic (exact) mass is 376 g/mol. The van der Waals surface area contributed by atoms with Crippen molar-refractivity contribution < 1.29 is 27.4 Å². The molecule has 0 bridgehead atoms. The number of allylic oxidation sites excluding steroid dienone is 1. The minimum absolute atomic E-state index is 0.00854. The van der Waals surface area contributed by atoms with Gasteiger partial charge in [0.15, 0.2) is 0 Å². The third kappa shape index (κ3) is 3.69. The average molecular weight is 376 g/mol. The molecule has 2 atom stereocenters. The Morgan fingerprint density at radius 3 is 2.56 bits per heavy atom. The van der Waals surface area contributed by atoms with E-state index in [4.69, 9.17) is 4.74 Å². The van der Waals surface area contributed by atoms with Crippen LogP contribution in [-0.2, 0) is 15.1 Å². The molecule has 0 amide bonds. The van der Waals surface area contributed by atoms with E-state index in [1.54, 1.807) is 30.5 Å². The summed E-state index contributed by atoms with van der Waals surface area (Å²) in [5.74, 6) is -2.44. The summed E-state index contributed by atoms with van der Waals surface area (Å²) in [6.07, 6.45) is 2.89. The first-order valence-electron chi connectivity index (χ1n) is 7.93. The largest absolute Gasteiger partial charge is 0.573 e. The first-order valence-corrected chi connectivity index (χ1v) is 7.93. The van der Waals surface area contributed by atoms with E-state index in [1.165, 1.54) is 37.7 Å². The standard InChI is InChI=1S/C19H15F3N2O3/c1-26-17(25)16(14-7-2-3-8-15(14)27-19(20,21)22)18(9-5-11-24-18)13-6-4-10-23-12-13/h2-12,16H,1H3. The summed E-state index contributed by atoms with van der Waals surface area (Å²) in [5.41, 5.74) is -0.756. The van der Waals surface area contributed by atoms with Gasteiger partial charge in [0, 0.05) is 29.7 Å². The number of halogens is 3. The number of ether oxygens (including phenoxy) is 2. The number of hydrogen-bond donors (Lipinski definition) is 0. The molecular weight excluding hydrogens is 361 g/mol. The number of rotatable bonds is 5. The van der Waals surface area contributed by atoms with Crippen LogP contribution in [0, 0.1) is 0 Å². The highest BCUT2D eigenvalue weighted by atomic mass is 19.4. The molecule has 1 aromatic carbocycles. The molecule has 0 spiro atoms. The van der Waals surface area contributed by atoms with Crippen molar-refractivity contribution in [2.24, 2.45) is 4.99 Å². The second-order valence-corrected chi connectivity index (χ2v) is 5.75. The van der Waals surface area contributed by atoms with Gasteiger partial charge in [-0.25, -0.2) is 0 Å². The molecule has 0 radical (unpaired) electrons. The minimum Gasteiger partial charge on any atom is -0.468 e. The molecule has 0 aliphatic carbocycles. The Bertz CT molecular complexity index is 867. The van der Waals surface area contributed by atoms with E-state index in [0.717, 1.165) is 6.07 Å². The van der Waals surface area contributed by atoms with Crippen LogP contribution in [0.25, 0.3) is 0 Å². The van der Waals surface area contributed by atoms with Crippen molar-refractivity contribution in [1.29, 1.82) is 0 Å². The quantitative estimate of drug-likeness (QED) is 0.746. The fraction of sp³-hybridized carbons (Fsp3) is 0.211. The molecule has 2 unspecified atom stereocenters. The van der Waals surface area contributed by atoms with Gasteiger partial charge in [-0.05, 0) is 24.3 Å². The molecule has 1 aromatic heterocycles. The Morgan fingerprint density at radius 1 is 1.19 bits per heavy atom. The normalized spacial score (nSPS) is 19.7. The smallest absolute Gasteiger partial charge is 0.468 e. The number of aromatic nitrogens is 1. The number of pyridine rings is 1. The molecular formula is C19H15F3N2O3. The van der Waals surface area contributed by atoms with Crippen LogP contribution < -0.4 is 4.74 Å². The number of aliphatic imine (C=N–C) groups is 1. The zero-order chi connectivity index (χ0) is 19.5. The predicted molar refractivity (Wildman–Crippen MR) is 91.4 cm³/mol. The molecule has 0 N–H and O–H groups in total. The van der Waals surface area contributed by atoms with E-state index in [2.05, 4.69) is 14.7 Å². The lowest BCUT2D eigenvalue weighted by Crippen LogP contribution is -2.35. The van der Waals surface area contributed by atoms with Crippen LogP contribution in [-0.4, -0.2) is 30.6 Å². The van der Waals surface area contributed by atoms with Crippen LogP contribution in [0.5, 0.6) is 5.75 Å². The highest BCUT2D eigenvalue weighted by Gasteiger charge is 2.47. The summed E-state index contributed by atoms with van der Waals surface area (Å²) >= 11 is 0. The summed E-state index contributed by atoms with van der Waals surface area (Å²) in [6, 6.07) is 8.81. The van der Waals surface area contributed by atoms with E-state index < -0.39 is 29.5 Å². The number of carbonyl (C=O) groups is 1. The van der Waals surface area contributed by atoms with Crippen molar-refractivity contribution >= 4 is 12.2 Å². The number of para-hydroxylation sites is 1. The van der Waals surface area contributed by atoms with Gasteiger partial charge in [-0.15, -0.1) is 13.2 Å². The van der Waals surface area contributed by atoms with E-state index >= 15 is 0 Å². The van der Waals surface area contributed by atoms with Gasteiger partial charge in [-0.2, -0.15) is 0 Å². The van der Waals surface area contributed by atoms with Crippen LogP contribution in [0.15, 0.2) is 65.9 Å². The van der Waals surface area contributed by atoms with Gasteiger partial charge in [0.2, 0.25) is 0 Å². The summed E-state index contributed by atoms with van der Waals surface area (Å²) in [5, 5.41) is 0. The van der Waals surface area contributed by atoms with E-state index in [9.17, 15) is 18.0 Å². The van der Waals surface area contributed by atoms with Crippen molar-refractivity contribution in [2.45, 2.75) is 17.8 Å². The number of benzene rings is 1. The fourth-order valence-corrected chi connectivity index (χ4v) is 3.11. The molecule has 1 aliphatic rings. The molecule has 0 saturated heterocycles. The molecule has 1 aliphatic heterocycles. The van der Waals surface area contributed by atoms with Crippen molar-refractivity contribution in [3.8, 4) is 5.75 Å². The predicted octanol–water partition coefficient (Wildman–Crippen LogP) is 3.77. The molecule has 8 heteroatoms. The van der Waals surface area contributed by atoms with Crippen LogP contribution in [0.1, 0.15) is 17.0 Å². The third-order valence-electron chi connectivity index (χ3n) is 4.18. The maximum atomic E-state index is 12.9. The Morgan fingerprint density at radius 2 is 1.96 bits per heavy atom. The highest BCUT2D eigenvalue weighted by molar-refractivity contribution is 5.85. The molecule has 5 nitrogen and oxygen atoms in total. The lowest BCUT2D eigenvalue weighted by atomic mass is 9.75. The van der Waals surface area contributed by atoms with Gasteiger partial charge in [-0.1, -0.05) is 24.3 Å². The third-order valence-corrected chi connectivity index (χ3v) is 4.18. The molecule has 27 heavy (non-hydrogen) atoms. The number of hydrogen-bond acceptors (Lipinski definition) is 5. The summed E-state index contributed by atoms with van der Waals surface area (Å²) < 4.78 is 47.7. The summed E-state index contributed by atoms with van der Waals surface area (Å²) in [4.78, 5) is 21.2. The van der Waals surface area contributed by atoms with Crippen LogP contribution >= 0.6 is 0 Å². The van der Waals surface area contributed by atoms with Gasteiger partial charge in [0.05, 0.1) is 7.11 Å². The molecule has 2 heterocycles. The van der Waals surface area contributed by atoms with E-state index in [0.29, 0.717) is 5.56 Å². The Hall–Kier alpha value is -3.16. The number of carbonyl (C=O) groups excluding carboxylic acids is 1. The lowest BCUT2D eigenvalue weighted by molar-refractivity contribution is -0.275. The zero-order valence-corrected chi connectivity index (χ0v) is 14.2. The van der Waals surface area contributed by atoms with Crippen molar-refractivity contribution in [2.75, 3.05) is 7.11 Å². The van der Waals surface area contributed by atoms with Crippen LogP contribution in [0.4, 0.5) is 13.2 Å². The zero-order valence-electron chi connectivity index (χ0n) is 14.2. The van der Waals surface area contributed by atoms with E-state index in [1.807, 2.05) is 0 Å². The minimum atomic E-state index is -4.91. The van der Waals surface area contributed by atoms with E-state index in [-0.39, 0.29) is 5.56 Å². The molecule has 0 fully saturated rings. The number of esters is 1. The Balaban J connectivity index is 2.21. The number of methoxy groups -OCH3 is 1. The molecule has 2 aromatic rings. The summed E-state index contributed by atoms with van der Waals surface area (Å²) in [7, 11) is 1.17. The number of alkyl halides is 3. The van der Waals surface area contributed by atoms with Crippen molar-refractivity contribution in [1.82, 2.24) is 4.98 Å². The summed E-state index contributed by atoms with van der Waals surface area (Å²) in [6.45, 7) is 0. The second kappa shape index (κ2) is 7.22. The van der Waals surface area contributed by atoms with Crippen LogP contribution in [0.3, 0.4) is 0 Å².